The van der Waals surface area contributed by atoms with Gasteiger partial charge in [-0.25, -0.2) is 4.98 Å². The lowest BCUT2D eigenvalue weighted by atomic mass is 10.2. The third-order valence-electron chi connectivity index (χ3n) is 3.63. The third-order valence-corrected chi connectivity index (χ3v) is 3.89. The SMILES string of the molecule is CN=C(NCc1cccnc1N(C)C)N(C)Cc1ccc(Cl)cc1.I. The van der Waals surface area contributed by atoms with Crippen molar-refractivity contribution >= 4 is 47.4 Å². The number of nitrogens with zero attached hydrogens (tertiary/aromatic N) is 4. The van der Waals surface area contributed by atoms with Gasteiger partial charge in [0.15, 0.2) is 5.96 Å². The number of hydrogen-bond donors (Lipinski definition) is 1. The highest BCUT2D eigenvalue weighted by Gasteiger charge is 2.09. The number of guanidine groups is 1. The molecule has 0 fully saturated rings. The second kappa shape index (κ2) is 10.5. The van der Waals surface area contributed by atoms with E-state index >= 15 is 0 Å². The highest BCUT2D eigenvalue weighted by molar-refractivity contribution is 14.0. The Kier molecular flexibility index (Phi) is 8.99. The lowest BCUT2D eigenvalue weighted by molar-refractivity contribution is 0.476. The summed E-state index contributed by atoms with van der Waals surface area (Å²) in [6.07, 6.45) is 1.81. The summed E-state index contributed by atoms with van der Waals surface area (Å²) < 4.78 is 0. The van der Waals surface area contributed by atoms with Crippen molar-refractivity contribution in [3.8, 4) is 0 Å². The first-order chi connectivity index (χ1) is 11.5. The van der Waals surface area contributed by atoms with E-state index in [1.807, 2.05) is 56.4 Å². The van der Waals surface area contributed by atoms with Crippen LogP contribution in [0.3, 0.4) is 0 Å². The standard InChI is InChI=1S/C18H24ClN5.HI/c1-20-18(24(4)13-14-7-9-16(19)10-8-14)22-12-15-6-5-11-21-17(15)23(2)3;/h5-11H,12-13H2,1-4H3,(H,20,22);1H. The zero-order valence-corrected chi connectivity index (χ0v) is 18.1. The number of benzene rings is 1. The molecule has 1 aromatic carbocycles. The fraction of sp³-hybridized carbons (Fsp3) is 0.333. The van der Waals surface area contributed by atoms with Crippen molar-refractivity contribution in [2.75, 3.05) is 33.1 Å². The van der Waals surface area contributed by atoms with Gasteiger partial charge in [0.05, 0.1) is 0 Å². The summed E-state index contributed by atoms with van der Waals surface area (Å²) in [6.45, 7) is 1.42. The molecule has 1 aromatic heterocycles. The molecule has 0 saturated heterocycles. The molecule has 136 valence electrons. The van der Waals surface area contributed by atoms with Gasteiger partial charge in [0.25, 0.3) is 0 Å². The molecule has 0 aliphatic heterocycles. The van der Waals surface area contributed by atoms with Crippen LogP contribution < -0.4 is 10.2 Å². The van der Waals surface area contributed by atoms with Crippen molar-refractivity contribution in [3.63, 3.8) is 0 Å². The van der Waals surface area contributed by atoms with Gasteiger partial charge in [-0.3, -0.25) is 4.99 Å². The van der Waals surface area contributed by atoms with Crippen molar-refractivity contribution in [2.24, 2.45) is 4.99 Å². The summed E-state index contributed by atoms with van der Waals surface area (Å²) in [5, 5.41) is 4.14. The molecule has 1 N–H and O–H groups in total. The minimum atomic E-state index is 0. The van der Waals surface area contributed by atoms with Crippen molar-refractivity contribution in [1.29, 1.82) is 0 Å². The maximum Gasteiger partial charge on any atom is 0.193 e. The molecule has 0 radical (unpaired) electrons. The van der Waals surface area contributed by atoms with Crippen molar-refractivity contribution in [2.45, 2.75) is 13.1 Å². The Morgan fingerprint density at radius 2 is 1.84 bits per heavy atom. The number of hydrogen-bond acceptors (Lipinski definition) is 3. The van der Waals surface area contributed by atoms with Crippen molar-refractivity contribution in [1.82, 2.24) is 15.2 Å². The van der Waals surface area contributed by atoms with Crippen LogP contribution in [0.15, 0.2) is 47.6 Å². The molecule has 0 aliphatic carbocycles. The van der Waals surface area contributed by atoms with E-state index in [1.54, 1.807) is 13.2 Å². The Labute approximate surface area is 172 Å². The number of halogens is 2. The zero-order valence-electron chi connectivity index (χ0n) is 15.0. The van der Waals surface area contributed by atoms with E-state index < -0.39 is 0 Å². The highest BCUT2D eigenvalue weighted by Crippen LogP contribution is 2.14. The molecule has 0 atom stereocenters. The van der Waals surface area contributed by atoms with Crippen LogP contribution in [0.25, 0.3) is 0 Å². The van der Waals surface area contributed by atoms with Crippen molar-refractivity contribution < 1.29 is 0 Å². The Morgan fingerprint density at radius 1 is 1.16 bits per heavy atom. The van der Waals surface area contributed by atoms with E-state index in [2.05, 4.69) is 26.3 Å². The highest BCUT2D eigenvalue weighted by atomic mass is 127. The number of rotatable bonds is 5. The van der Waals surface area contributed by atoms with Crippen LogP contribution in [0.5, 0.6) is 0 Å². The van der Waals surface area contributed by atoms with Crippen LogP contribution in [0.2, 0.25) is 5.02 Å². The molecule has 1 heterocycles. The average Bonchev–Trinajstić information content (AvgIpc) is 2.57. The van der Waals surface area contributed by atoms with Gasteiger partial charge in [-0.2, -0.15) is 0 Å². The van der Waals surface area contributed by atoms with Gasteiger partial charge < -0.3 is 15.1 Å². The van der Waals surface area contributed by atoms with Crippen LogP contribution in [0, 0.1) is 0 Å². The van der Waals surface area contributed by atoms with Gasteiger partial charge in [0.1, 0.15) is 5.82 Å². The monoisotopic (exact) mass is 473 g/mol. The molecule has 0 unspecified atom stereocenters. The summed E-state index contributed by atoms with van der Waals surface area (Å²) >= 11 is 5.94. The van der Waals surface area contributed by atoms with Gasteiger partial charge in [0.2, 0.25) is 0 Å². The Hall–Kier alpha value is -1.54. The van der Waals surface area contributed by atoms with E-state index in [0.717, 1.165) is 28.9 Å². The van der Waals surface area contributed by atoms with Gasteiger partial charge in [0, 0.05) is 58.1 Å². The molecule has 0 aliphatic rings. The smallest absolute Gasteiger partial charge is 0.193 e. The first-order valence-corrected chi connectivity index (χ1v) is 8.16. The largest absolute Gasteiger partial charge is 0.362 e. The van der Waals surface area contributed by atoms with E-state index in [0.29, 0.717) is 6.54 Å². The van der Waals surface area contributed by atoms with Crippen LogP contribution in [0.4, 0.5) is 5.82 Å². The summed E-state index contributed by atoms with van der Waals surface area (Å²) in [7, 11) is 7.79. The van der Waals surface area contributed by atoms with Gasteiger partial charge in [-0.15, -0.1) is 24.0 Å². The molecule has 2 aromatic rings. The predicted octanol–water partition coefficient (Wildman–Crippen LogP) is 3.63. The van der Waals surface area contributed by atoms with Crippen LogP contribution in [-0.2, 0) is 13.1 Å². The quantitative estimate of drug-likeness (QED) is 0.409. The minimum Gasteiger partial charge on any atom is -0.362 e. The molecule has 0 saturated carbocycles. The topological polar surface area (TPSA) is 43.8 Å². The van der Waals surface area contributed by atoms with Crippen LogP contribution in [-0.4, -0.2) is 44.0 Å². The lowest BCUT2D eigenvalue weighted by Gasteiger charge is -2.23. The number of anilines is 1. The Balaban J connectivity index is 0.00000312. The first-order valence-electron chi connectivity index (χ1n) is 7.78. The van der Waals surface area contributed by atoms with Crippen LogP contribution >= 0.6 is 35.6 Å². The summed E-state index contributed by atoms with van der Waals surface area (Å²) in [6, 6.07) is 11.9. The fourth-order valence-corrected chi connectivity index (χ4v) is 2.59. The van der Waals surface area contributed by atoms with E-state index in [9.17, 15) is 0 Å². The third kappa shape index (κ3) is 6.36. The van der Waals surface area contributed by atoms with Gasteiger partial charge in [-0.1, -0.05) is 29.8 Å². The normalized spacial score (nSPS) is 10.8. The molecule has 0 bridgehead atoms. The second-order valence-electron chi connectivity index (χ2n) is 5.76. The number of pyridine rings is 1. The summed E-state index contributed by atoms with van der Waals surface area (Å²) in [5.41, 5.74) is 2.31. The predicted molar refractivity (Wildman–Crippen MR) is 117 cm³/mol. The van der Waals surface area contributed by atoms with E-state index in [4.69, 9.17) is 11.6 Å². The number of nitrogens with one attached hydrogen (secondary N) is 1. The molecule has 0 amide bonds. The molecule has 5 nitrogen and oxygen atoms in total. The fourth-order valence-electron chi connectivity index (χ4n) is 2.47. The van der Waals surface area contributed by atoms with Crippen molar-refractivity contribution in [3.05, 3.63) is 58.7 Å². The van der Waals surface area contributed by atoms with Crippen LogP contribution in [0.1, 0.15) is 11.1 Å². The number of aromatic nitrogens is 1. The second-order valence-corrected chi connectivity index (χ2v) is 6.20. The Bertz CT molecular complexity index is 688. The minimum absolute atomic E-state index is 0. The van der Waals surface area contributed by atoms with E-state index in [1.165, 1.54) is 5.56 Å². The first kappa shape index (κ1) is 21.5. The van der Waals surface area contributed by atoms with Gasteiger partial charge in [-0.05, 0) is 23.8 Å². The average molecular weight is 474 g/mol. The van der Waals surface area contributed by atoms with E-state index in [-0.39, 0.29) is 24.0 Å². The molecule has 7 heteroatoms. The molecular formula is C18H25ClIN5. The maximum atomic E-state index is 5.94. The molecular weight excluding hydrogens is 449 g/mol. The molecule has 0 spiro atoms. The maximum absolute atomic E-state index is 5.94. The number of aliphatic imine (C=N–C) groups is 1. The molecule has 25 heavy (non-hydrogen) atoms. The summed E-state index contributed by atoms with van der Waals surface area (Å²) in [5.74, 6) is 1.79. The summed E-state index contributed by atoms with van der Waals surface area (Å²) in [4.78, 5) is 12.9. The molecule has 2 rings (SSSR count). The Morgan fingerprint density at radius 3 is 2.44 bits per heavy atom. The van der Waals surface area contributed by atoms with Gasteiger partial charge >= 0.3 is 0 Å². The lowest BCUT2D eigenvalue weighted by Crippen LogP contribution is -2.38. The zero-order chi connectivity index (χ0) is 17.5.